The van der Waals surface area contributed by atoms with Gasteiger partial charge in [-0.2, -0.15) is 0 Å². The molecule has 0 saturated heterocycles. The van der Waals surface area contributed by atoms with Crippen LogP contribution < -0.4 is 15.0 Å². The molecule has 0 fully saturated rings. The van der Waals surface area contributed by atoms with Gasteiger partial charge in [0.05, 0.1) is 13.7 Å². The first-order valence-corrected chi connectivity index (χ1v) is 7.25. The highest BCUT2D eigenvalue weighted by Crippen LogP contribution is 2.18. The molecule has 1 unspecified atom stereocenters. The van der Waals surface area contributed by atoms with Crippen molar-refractivity contribution in [2.24, 2.45) is 0 Å². The van der Waals surface area contributed by atoms with Gasteiger partial charge >= 0.3 is 5.97 Å². The Bertz CT molecular complexity index is 432. The summed E-state index contributed by atoms with van der Waals surface area (Å²) in [5, 5.41) is 3.25. The molecule has 0 aliphatic heterocycles. The average molecular weight is 294 g/mol. The SMILES string of the molecule is CCOC(=O)C(CN(C)c1ccc(OC)cc1)NC(C)C. The highest BCUT2D eigenvalue weighted by molar-refractivity contribution is 5.76. The molecule has 1 atom stereocenters. The lowest BCUT2D eigenvalue weighted by Crippen LogP contribution is -2.48. The van der Waals surface area contributed by atoms with Crippen LogP contribution in [0.25, 0.3) is 0 Å². The molecule has 5 heteroatoms. The van der Waals surface area contributed by atoms with Crippen molar-refractivity contribution in [3.05, 3.63) is 24.3 Å². The first kappa shape index (κ1) is 17.3. The summed E-state index contributed by atoms with van der Waals surface area (Å²) in [7, 11) is 3.60. The first-order valence-electron chi connectivity index (χ1n) is 7.25. The van der Waals surface area contributed by atoms with Gasteiger partial charge in [-0.05, 0) is 31.2 Å². The number of anilines is 1. The normalized spacial score (nSPS) is 12.1. The van der Waals surface area contributed by atoms with Crippen LogP contribution in [0.1, 0.15) is 20.8 Å². The third kappa shape index (κ3) is 5.63. The summed E-state index contributed by atoms with van der Waals surface area (Å²) in [4.78, 5) is 14.0. The second-order valence-electron chi connectivity index (χ2n) is 5.20. The van der Waals surface area contributed by atoms with Crippen LogP contribution in [0.2, 0.25) is 0 Å². The molecule has 0 bridgehead atoms. The zero-order valence-electron chi connectivity index (χ0n) is 13.6. The van der Waals surface area contributed by atoms with E-state index < -0.39 is 0 Å². The van der Waals surface area contributed by atoms with Gasteiger partial charge in [-0.25, -0.2) is 0 Å². The number of nitrogens with one attached hydrogen (secondary N) is 1. The number of benzene rings is 1. The zero-order valence-corrected chi connectivity index (χ0v) is 13.6. The molecular formula is C16H26N2O3. The predicted octanol–water partition coefficient (Wildman–Crippen LogP) is 2.06. The van der Waals surface area contributed by atoms with Gasteiger partial charge < -0.3 is 19.7 Å². The molecule has 5 nitrogen and oxygen atoms in total. The van der Waals surface area contributed by atoms with Crippen molar-refractivity contribution in [2.75, 3.05) is 32.2 Å². The highest BCUT2D eigenvalue weighted by Gasteiger charge is 2.22. The van der Waals surface area contributed by atoms with E-state index in [4.69, 9.17) is 9.47 Å². The largest absolute Gasteiger partial charge is 0.497 e. The summed E-state index contributed by atoms with van der Waals surface area (Å²) in [6.07, 6.45) is 0. The van der Waals surface area contributed by atoms with E-state index in [9.17, 15) is 4.79 Å². The molecule has 0 amide bonds. The molecule has 1 aromatic carbocycles. The van der Waals surface area contributed by atoms with Crippen LogP contribution in [-0.4, -0.2) is 45.4 Å². The fourth-order valence-electron chi connectivity index (χ4n) is 2.06. The highest BCUT2D eigenvalue weighted by atomic mass is 16.5. The molecule has 0 aliphatic carbocycles. The molecule has 0 radical (unpaired) electrons. The Kier molecular flexibility index (Phi) is 7.02. The number of likely N-dealkylation sites (N-methyl/N-ethyl adjacent to an activating group) is 1. The Morgan fingerprint density at radius 3 is 2.38 bits per heavy atom. The Morgan fingerprint density at radius 2 is 1.90 bits per heavy atom. The van der Waals surface area contributed by atoms with Gasteiger partial charge in [0, 0.05) is 25.3 Å². The number of methoxy groups -OCH3 is 1. The molecule has 0 spiro atoms. The van der Waals surface area contributed by atoms with Crippen molar-refractivity contribution in [1.29, 1.82) is 0 Å². The molecule has 0 heterocycles. The fourth-order valence-corrected chi connectivity index (χ4v) is 2.06. The third-order valence-electron chi connectivity index (χ3n) is 3.08. The molecule has 0 saturated carbocycles. The number of carbonyl (C=O) groups excluding carboxylic acids is 1. The van der Waals surface area contributed by atoms with E-state index in [1.165, 1.54) is 0 Å². The number of hydrogen-bond acceptors (Lipinski definition) is 5. The molecule has 1 aromatic rings. The average Bonchev–Trinajstić information content (AvgIpc) is 2.46. The Balaban J connectivity index is 2.73. The van der Waals surface area contributed by atoms with Crippen LogP contribution in [0.15, 0.2) is 24.3 Å². The summed E-state index contributed by atoms with van der Waals surface area (Å²) in [6.45, 7) is 6.78. The smallest absolute Gasteiger partial charge is 0.324 e. The van der Waals surface area contributed by atoms with Crippen molar-refractivity contribution < 1.29 is 14.3 Å². The number of nitrogens with zero attached hydrogens (tertiary/aromatic N) is 1. The Hall–Kier alpha value is -1.75. The summed E-state index contributed by atoms with van der Waals surface area (Å²) < 4.78 is 10.3. The minimum atomic E-state index is -0.350. The van der Waals surface area contributed by atoms with E-state index in [0.29, 0.717) is 13.2 Å². The molecule has 0 aromatic heterocycles. The molecule has 21 heavy (non-hydrogen) atoms. The maximum atomic E-state index is 12.0. The van der Waals surface area contributed by atoms with Crippen LogP contribution >= 0.6 is 0 Å². The van der Waals surface area contributed by atoms with E-state index in [0.717, 1.165) is 11.4 Å². The van der Waals surface area contributed by atoms with Crippen LogP contribution in [0.5, 0.6) is 5.75 Å². The van der Waals surface area contributed by atoms with Crippen molar-refractivity contribution in [3.8, 4) is 5.75 Å². The van der Waals surface area contributed by atoms with E-state index in [2.05, 4.69) is 5.32 Å². The van der Waals surface area contributed by atoms with Gasteiger partial charge in [-0.15, -0.1) is 0 Å². The van der Waals surface area contributed by atoms with Gasteiger partial charge in [0.2, 0.25) is 0 Å². The summed E-state index contributed by atoms with van der Waals surface area (Å²) in [5.74, 6) is 0.598. The van der Waals surface area contributed by atoms with E-state index in [1.54, 1.807) is 7.11 Å². The van der Waals surface area contributed by atoms with Crippen molar-refractivity contribution >= 4 is 11.7 Å². The van der Waals surface area contributed by atoms with Crippen LogP contribution in [-0.2, 0) is 9.53 Å². The van der Waals surface area contributed by atoms with Crippen molar-refractivity contribution in [3.63, 3.8) is 0 Å². The number of ether oxygens (including phenoxy) is 2. The number of hydrogen-bond donors (Lipinski definition) is 1. The Labute approximate surface area is 127 Å². The van der Waals surface area contributed by atoms with Crippen molar-refractivity contribution in [2.45, 2.75) is 32.9 Å². The lowest BCUT2D eigenvalue weighted by Gasteiger charge is -2.26. The minimum absolute atomic E-state index is 0.212. The van der Waals surface area contributed by atoms with Gasteiger partial charge in [0.15, 0.2) is 0 Å². The monoisotopic (exact) mass is 294 g/mol. The molecule has 118 valence electrons. The minimum Gasteiger partial charge on any atom is -0.497 e. The third-order valence-corrected chi connectivity index (χ3v) is 3.08. The second-order valence-corrected chi connectivity index (χ2v) is 5.20. The predicted molar refractivity (Wildman–Crippen MR) is 85.0 cm³/mol. The summed E-state index contributed by atoms with van der Waals surface area (Å²) in [5.41, 5.74) is 1.02. The molecule has 1 rings (SSSR count). The topological polar surface area (TPSA) is 50.8 Å². The van der Waals surface area contributed by atoms with Crippen molar-refractivity contribution in [1.82, 2.24) is 5.32 Å². The van der Waals surface area contributed by atoms with Gasteiger partial charge in [0.25, 0.3) is 0 Å². The molecule has 1 N–H and O–H groups in total. The maximum Gasteiger partial charge on any atom is 0.324 e. The quantitative estimate of drug-likeness (QED) is 0.744. The maximum absolute atomic E-state index is 12.0. The van der Waals surface area contributed by atoms with Crippen LogP contribution in [0.4, 0.5) is 5.69 Å². The van der Waals surface area contributed by atoms with Crippen LogP contribution in [0, 0.1) is 0 Å². The number of rotatable bonds is 8. The van der Waals surface area contributed by atoms with E-state index >= 15 is 0 Å². The lowest BCUT2D eigenvalue weighted by atomic mass is 10.2. The van der Waals surface area contributed by atoms with Crippen LogP contribution in [0.3, 0.4) is 0 Å². The summed E-state index contributed by atoms with van der Waals surface area (Å²) >= 11 is 0. The van der Waals surface area contributed by atoms with E-state index in [1.807, 2.05) is 57.0 Å². The molecule has 0 aliphatic rings. The lowest BCUT2D eigenvalue weighted by molar-refractivity contribution is -0.145. The number of esters is 1. The first-order chi connectivity index (χ1) is 9.97. The zero-order chi connectivity index (χ0) is 15.8. The second kappa shape index (κ2) is 8.52. The Morgan fingerprint density at radius 1 is 1.29 bits per heavy atom. The van der Waals surface area contributed by atoms with Gasteiger partial charge in [-0.3, -0.25) is 4.79 Å². The van der Waals surface area contributed by atoms with Gasteiger partial charge in [-0.1, -0.05) is 13.8 Å². The number of carbonyl (C=O) groups is 1. The van der Waals surface area contributed by atoms with Gasteiger partial charge in [0.1, 0.15) is 11.8 Å². The fraction of sp³-hybridized carbons (Fsp3) is 0.562. The standard InChI is InChI=1S/C16H26N2O3/c1-6-21-16(19)15(17-12(2)3)11-18(4)13-7-9-14(20-5)10-8-13/h7-10,12,15,17H,6,11H2,1-5H3. The molecular weight excluding hydrogens is 268 g/mol. The summed E-state index contributed by atoms with van der Waals surface area (Å²) in [6, 6.07) is 7.61. The van der Waals surface area contributed by atoms with E-state index in [-0.39, 0.29) is 18.1 Å².